The quantitative estimate of drug-likeness (QED) is 0.744. The number of ether oxygens (including phenoxy) is 3. The van der Waals surface area contributed by atoms with Gasteiger partial charge < -0.3 is 19.5 Å². The van der Waals surface area contributed by atoms with Crippen molar-refractivity contribution in [2.75, 3.05) is 40.4 Å². The fraction of sp³-hybridized carbons (Fsp3) is 0.478. The van der Waals surface area contributed by atoms with E-state index >= 15 is 0 Å². The maximum Gasteiger partial charge on any atom is 0.203 e. The van der Waals surface area contributed by atoms with Crippen LogP contribution in [0.4, 0.5) is 0 Å². The fourth-order valence-corrected chi connectivity index (χ4v) is 3.85. The van der Waals surface area contributed by atoms with Crippen molar-refractivity contribution in [1.29, 1.82) is 0 Å². The van der Waals surface area contributed by atoms with Crippen molar-refractivity contribution in [1.82, 2.24) is 10.2 Å². The second kappa shape index (κ2) is 10.3. The van der Waals surface area contributed by atoms with Gasteiger partial charge in [0.2, 0.25) is 5.75 Å². The molecule has 1 N–H and O–H groups in total. The highest BCUT2D eigenvalue weighted by Crippen LogP contribution is 2.42. The number of nitrogens with zero attached hydrogens (tertiary/aromatic N) is 1. The van der Waals surface area contributed by atoms with Crippen molar-refractivity contribution in [3.8, 4) is 17.2 Å². The van der Waals surface area contributed by atoms with Crippen LogP contribution >= 0.6 is 0 Å². The van der Waals surface area contributed by atoms with Gasteiger partial charge in [0.05, 0.1) is 14.2 Å². The zero-order valence-electron chi connectivity index (χ0n) is 17.2. The van der Waals surface area contributed by atoms with E-state index in [0.717, 1.165) is 49.7 Å². The molecule has 1 aliphatic rings. The van der Waals surface area contributed by atoms with Crippen molar-refractivity contribution >= 4 is 0 Å². The summed E-state index contributed by atoms with van der Waals surface area (Å²) in [7, 11) is 3.37. The Morgan fingerprint density at radius 1 is 1.00 bits per heavy atom. The zero-order chi connectivity index (χ0) is 19.8. The Bertz CT molecular complexity index is 703. The average Bonchev–Trinajstić information content (AvgIpc) is 3.02. The summed E-state index contributed by atoms with van der Waals surface area (Å²) in [5.74, 6) is 2.10. The van der Waals surface area contributed by atoms with Gasteiger partial charge in [-0.25, -0.2) is 0 Å². The van der Waals surface area contributed by atoms with Crippen LogP contribution in [0, 0.1) is 0 Å². The molecule has 5 heteroatoms. The molecule has 0 spiro atoms. The molecule has 2 aromatic rings. The van der Waals surface area contributed by atoms with Gasteiger partial charge in [0.25, 0.3) is 0 Å². The Kier molecular flexibility index (Phi) is 7.57. The summed E-state index contributed by atoms with van der Waals surface area (Å²) in [6, 6.07) is 14.7. The van der Waals surface area contributed by atoms with Crippen LogP contribution in [-0.4, -0.2) is 45.3 Å². The van der Waals surface area contributed by atoms with E-state index in [1.54, 1.807) is 14.2 Å². The molecule has 0 aliphatic carbocycles. The predicted octanol–water partition coefficient (Wildman–Crippen LogP) is 4.03. The van der Waals surface area contributed by atoms with E-state index in [4.69, 9.17) is 14.2 Å². The van der Waals surface area contributed by atoms with E-state index in [1.165, 1.54) is 12.0 Å². The van der Waals surface area contributed by atoms with E-state index in [1.807, 2.05) is 30.3 Å². The molecule has 3 rings (SSSR count). The minimum Gasteiger partial charge on any atom is -0.493 e. The van der Waals surface area contributed by atoms with E-state index in [2.05, 4.69) is 29.3 Å². The molecule has 0 aromatic heterocycles. The summed E-state index contributed by atoms with van der Waals surface area (Å²) in [5.41, 5.74) is 2.32. The lowest BCUT2D eigenvalue weighted by molar-refractivity contribution is 0.203. The standard InChI is InChI=1S/C23H32N2O3/c1-4-20(25-13-8-11-24-12-14-25)19-15-21(26-2)23(22(16-19)27-3)28-17-18-9-6-5-7-10-18/h5-7,9-10,15-16,20,24H,4,8,11-14,17H2,1-3H3. The van der Waals surface area contributed by atoms with Gasteiger partial charge in [-0.3, -0.25) is 4.90 Å². The van der Waals surface area contributed by atoms with Crippen LogP contribution in [0.2, 0.25) is 0 Å². The lowest BCUT2D eigenvalue weighted by Gasteiger charge is -2.30. The highest BCUT2D eigenvalue weighted by Gasteiger charge is 2.23. The number of rotatable bonds is 8. The topological polar surface area (TPSA) is 43.0 Å². The molecule has 0 saturated carbocycles. The number of methoxy groups -OCH3 is 2. The fourth-order valence-electron chi connectivity index (χ4n) is 3.85. The zero-order valence-corrected chi connectivity index (χ0v) is 17.2. The summed E-state index contributed by atoms with van der Waals surface area (Å²) in [5, 5.41) is 3.48. The van der Waals surface area contributed by atoms with Gasteiger partial charge >= 0.3 is 0 Å². The Balaban J connectivity index is 1.86. The van der Waals surface area contributed by atoms with Crippen molar-refractivity contribution in [3.63, 3.8) is 0 Å². The molecule has 0 bridgehead atoms. The molecule has 0 amide bonds. The lowest BCUT2D eigenvalue weighted by atomic mass is 10.0. The molecule has 152 valence electrons. The second-order valence-electron chi connectivity index (χ2n) is 7.09. The molecule has 1 aliphatic heterocycles. The average molecular weight is 385 g/mol. The number of nitrogens with one attached hydrogen (secondary N) is 1. The predicted molar refractivity (Wildman–Crippen MR) is 112 cm³/mol. The number of hydrogen-bond acceptors (Lipinski definition) is 5. The van der Waals surface area contributed by atoms with Crippen LogP contribution in [0.3, 0.4) is 0 Å². The SMILES string of the molecule is CCC(c1cc(OC)c(OCc2ccccc2)c(OC)c1)N1CCCNCC1. The molecule has 1 heterocycles. The first kappa shape index (κ1) is 20.5. The van der Waals surface area contributed by atoms with Gasteiger partial charge in [0.1, 0.15) is 6.61 Å². The molecule has 0 radical (unpaired) electrons. The van der Waals surface area contributed by atoms with Crippen LogP contribution in [0.15, 0.2) is 42.5 Å². The third-order valence-electron chi connectivity index (χ3n) is 5.30. The first-order valence-electron chi connectivity index (χ1n) is 10.1. The van der Waals surface area contributed by atoms with E-state index in [-0.39, 0.29) is 0 Å². The van der Waals surface area contributed by atoms with Crippen LogP contribution in [0.5, 0.6) is 17.2 Å². The summed E-state index contributed by atoms with van der Waals surface area (Å²) < 4.78 is 17.5. The summed E-state index contributed by atoms with van der Waals surface area (Å²) in [6.45, 7) is 6.98. The Morgan fingerprint density at radius 2 is 1.71 bits per heavy atom. The van der Waals surface area contributed by atoms with E-state index in [9.17, 15) is 0 Å². The van der Waals surface area contributed by atoms with Gasteiger partial charge in [0, 0.05) is 25.7 Å². The maximum absolute atomic E-state index is 6.10. The molecule has 1 fully saturated rings. The highest BCUT2D eigenvalue weighted by atomic mass is 16.5. The first-order chi connectivity index (χ1) is 13.8. The molecular weight excluding hydrogens is 352 g/mol. The van der Waals surface area contributed by atoms with Crippen molar-refractivity contribution in [2.24, 2.45) is 0 Å². The molecule has 2 aromatic carbocycles. The number of hydrogen-bond donors (Lipinski definition) is 1. The Morgan fingerprint density at radius 3 is 2.36 bits per heavy atom. The van der Waals surface area contributed by atoms with Gasteiger partial charge in [-0.2, -0.15) is 0 Å². The van der Waals surface area contributed by atoms with Crippen molar-refractivity contribution in [2.45, 2.75) is 32.4 Å². The molecule has 1 unspecified atom stereocenters. The normalized spacial score (nSPS) is 16.2. The largest absolute Gasteiger partial charge is 0.493 e. The molecule has 1 saturated heterocycles. The summed E-state index contributed by atoms with van der Waals surface area (Å²) in [4.78, 5) is 2.55. The molecular formula is C23H32N2O3. The van der Waals surface area contributed by atoms with Gasteiger partial charge in [-0.05, 0) is 42.6 Å². The molecule has 1 atom stereocenters. The summed E-state index contributed by atoms with van der Waals surface area (Å²) >= 11 is 0. The van der Waals surface area contributed by atoms with Crippen molar-refractivity contribution in [3.05, 3.63) is 53.6 Å². The molecule has 28 heavy (non-hydrogen) atoms. The van der Waals surface area contributed by atoms with E-state index < -0.39 is 0 Å². The third kappa shape index (κ3) is 4.97. The highest BCUT2D eigenvalue weighted by molar-refractivity contribution is 5.54. The minimum atomic E-state index is 0.339. The van der Waals surface area contributed by atoms with Crippen LogP contribution in [0.25, 0.3) is 0 Å². The Labute approximate surface area is 168 Å². The monoisotopic (exact) mass is 384 g/mol. The van der Waals surface area contributed by atoms with Crippen LogP contribution in [-0.2, 0) is 6.61 Å². The maximum atomic E-state index is 6.10. The first-order valence-corrected chi connectivity index (χ1v) is 10.1. The minimum absolute atomic E-state index is 0.339. The smallest absolute Gasteiger partial charge is 0.203 e. The second-order valence-corrected chi connectivity index (χ2v) is 7.09. The third-order valence-corrected chi connectivity index (χ3v) is 5.30. The van der Waals surface area contributed by atoms with E-state index in [0.29, 0.717) is 18.4 Å². The van der Waals surface area contributed by atoms with Crippen LogP contribution in [0.1, 0.15) is 36.9 Å². The van der Waals surface area contributed by atoms with Gasteiger partial charge in [-0.1, -0.05) is 37.3 Å². The Hall–Kier alpha value is -2.24. The van der Waals surface area contributed by atoms with Gasteiger partial charge in [0.15, 0.2) is 11.5 Å². The van der Waals surface area contributed by atoms with Gasteiger partial charge in [-0.15, -0.1) is 0 Å². The molecule has 5 nitrogen and oxygen atoms in total. The number of benzene rings is 2. The lowest BCUT2D eigenvalue weighted by Crippen LogP contribution is -2.32. The van der Waals surface area contributed by atoms with Crippen molar-refractivity contribution < 1.29 is 14.2 Å². The summed E-state index contributed by atoms with van der Waals surface area (Å²) in [6.07, 6.45) is 2.21. The van der Waals surface area contributed by atoms with Crippen LogP contribution < -0.4 is 19.5 Å².